The predicted octanol–water partition coefficient (Wildman–Crippen LogP) is 4.85. The van der Waals surface area contributed by atoms with Crippen molar-refractivity contribution in [3.63, 3.8) is 0 Å². The summed E-state index contributed by atoms with van der Waals surface area (Å²) in [5, 5.41) is 15.8. The van der Waals surface area contributed by atoms with Gasteiger partial charge in [0.05, 0.1) is 10.7 Å². The first-order chi connectivity index (χ1) is 13.0. The molecule has 0 spiro atoms. The zero-order valence-corrected chi connectivity index (χ0v) is 18.2. The normalized spacial score (nSPS) is 11.1. The van der Waals surface area contributed by atoms with Crippen molar-refractivity contribution in [3.05, 3.63) is 52.0 Å². The number of ether oxygens (including phenoxy) is 1. The van der Waals surface area contributed by atoms with Crippen LogP contribution in [0.5, 0.6) is 11.5 Å². The Balaban J connectivity index is 2.00. The molecule has 5 nitrogen and oxygen atoms in total. The van der Waals surface area contributed by atoms with Gasteiger partial charge in [0.25, 0.3) is 5.91 Å². The largest absolute Gasteiger partial charge is 0.504 e. The number of phenolic OH excluding ortho intramolecular Hbond substituents is 1. The second kappa shape index (κ2) is 8.80. The van der Waals surface area contributed by atoms with Crippen molar-refractivity contribution in [3.8, 4) is 11.5 Å². The molecule has 28 heavy (non-hydrogen) atoms. The van der Waals surface area contributed by atoms with Gasteiger partial charge in [-0.25, -0.2) is 0 Å². The van der Waals surface area contributed by atoms with Crippen molar-refractivity contribution in [1.29, 1.82) is 0 Å². The fraction of sp³-hybridized carbons (Fsp3) is 0.333. The summed E-state index contributed by atoms with van der Waals surface area (Å²) in [6.07, 6.45) is 0. The van der Waals surface area contributed by atoms with Crippen LogP contribution in [0.3, 0.4) is 0 Å². The predicted molar refractivity (Wildman–Crippen MR) is 118 cm³/mol. The molecule has 2 rings (SSSR count). The van der Waals surface area contributed by atoms with Crippen molar-refractivity contribution in [2.24, 2.45) is 0 Å². The molecule has 0 bridgehead atoms. The van der Waals surface area contributed by atoms with Crippen LogP contribution in [0.25, 0.3) is 0 Å². The number of rotatable bonds is 4. The molecule has 0 aromatic heterocycles. The molecule has 7 heteroatoms. The molecule has 150 valence electrons. The third-order valence-electron chi connectivity index (χ3n) is 4.12. The maximum Gasteiger partial charge on any atom is 0.264 e. The molecule has 0 fully saturated rings. The summed E-state index contributed by atoms with van der Waals surface area (Å²) in [7, 11) is 0. The summed E-state index contributed by atoms with van der Waals surface area (Å²) < 4.78 is 5.54. The van der Waals surface area contributed by atoms with E-state index in [0.717, 1.165) is 16.7 Å². The number of aryl methyl sites for hydroxylation is 2. The molecule has 0 saturated carbocycles. The molecule has 0 aliphatic rings. The first-order valence-electron chi connectivity index (χ1n) is 8.81. The summed E-state index contributed by atoms with van der Waals surface area (Å²) in [4.78, 5) is 12.1. The van der Waals surface area contributed by atoms with Crippen LogP contribution < -0.4 is 15.4 Å². The Kier molecular flexibility index (Phi) is 6.91. The van der Waals surface area contributed by atoms with E-state index in [1.807, 2.05) is 52.8 Å². The maximum absolute atomic E-state index is 12.1. The lowest BCUT2D eigenvalue weighted by Crippen LogP contribution is -2.37. The molecule has 0 aliphatic heterocycles. The van der Waals surface area contributed by atoms with Gasteiger partial charge in [0.1, 0.15) is 5.75 Å². The number of carbonyl (C=O) groups excluding carboxylic acids is 1. The van der Waals surface area contributed by atoms with Crippen molar-refractivity contribution in [1.82, 2.24) is 5.32 Å². The minimum atomic E-state index is -0.407. The topological polar surface area (TPSA) is 70.6 Å². The van der Waals surface area contributed by atoms with Crippen LogP contribution in [0.4, 0.5) is 5.69 Å². The first kappa shape index (κ1) is 22.0. The van der Waals surface area contributed by atoms with Gasteiger partial charge in [-0.2, -0.15) is 0 Å². The van der Waals surface area contributed by atoms with Crippen LogP contribution in [-0.2, 0) is 10.2 Å². The standard InChI is InChI=1S/C21H25ClN2O3S/c1-12-6-7-17(13(2)8-12)27-11-18(25)24-20(28)23-16-10-14(21(3,4)5)9-15(22)19(16)26/h6-10,26H,11H2,1-5H3,(H2,23,24,25,28). The molecule has 0 atom stereocenters. The highest BCUT2D eigenvalue weighted by Gasteiger charge is 2.19. The molecular weight excluding hydrogens is 396 g/mol. The average molecular weight is 421 g/mol. The second-order valence-electron chi connectivity index (χ2n) is 7.66. The van der Waals surface area contributed by atoms with E-state index in [9.17, 15) is 9.90 Å². The van der Waals surface area contributed by atoms with Gasteiger partial charge in [-0.3, -0.25) is 10.1 Å². The van der Waals surface area contributed by atoms with E-state index in [1.54, 1.807) is 12.1 Å². The monoisotopic (exact) mass is 420 g/mol. The number of benzene rings is 2. The lowest BCUT2D eigenvalue weighted by Gasteiger charge is -2.21. The number of carbonyl (C=O) groups is 1. The quantitative estimate of drug-likeness (QED) is 0.487. The van der Waals surface area contributed by atoms with E-state index >= 15 is 0 Å². The summed E-state index contributed by atoms with van der Waals surface area (Å²) in [5.74, 6) is 0.106. The number of hydrogen-bond acceptors (Lipinski definition) is 4. The van der Waals surface area contributed by atoms with Crippen LogP contribution in [0.2, 0.25) is 5.02 Å². The smallest absolute Gasteiger partial charge is 0.264 e. The number of phenols is 1. The molecule has 0 radical (unpaired) electrons. The van der Waals surface area contributed by atoms with Crippen molar-refractivity contribution >= 4 is 40.5 Å². The summed E-state index contributed by atoms with van der Waals surface area (Å²) in [6, 6.07) is 9.19. The van der Waals surface area contributed by atoms with Gasteiger partial charge in [-0.15, -0.1) is 0 Å². The second-order valence-corrected chi connectivity index (χ2v) is 8.48. The van der Waals surface area contributed by atoms with Crippen LogP contribution in [0, 0.1) is 13.8 Å². The Bertz CT molecular complexity index is 907. The SMILES string of the molecule is Cc1ccc(OCC(=O)NC(=S)Nc2cc(C(C)(C)C)cc(Cl)c2O)c(C)c1. The lowest BCUT2D eigenvalue weighted by molar-refractivity contribution is -0.121. The van der Waals surface area contributed by atoms with Crippen LogP contribution in [0.1, 0.15) is 37.5 Å². The number of amides is 1. The van der Waals surface area contributed by atoms with Crippen LogP contribution >= 0.6 is 23.8 Å². The van der Waals surface area contributed by atoms with Gasteiger partial charge >= 0.3 is 0 Å². The Morgan fingerprint density at radius 3 is 2.50 bits per heavy atom. The van der Waals surface area contributed by atoms with Crippen molar-refractivity contribution in [2.75, 3.05) is 11.9 Å². The minimum absolute atomic E-state index is 0.0478. The average Bonchev–Trinajstić information content (AvgIpc) is 2.57. The van der Waals surface area contributed by atoms with E-state index in [0.29, 0.717) is 11.4 Å². The number of nitrogens with one attached hydrogen (secondary N) is 2. The van der Waals surface area contributed by atoms with Gasteiger partial charge in [0, 0.05) is 0 Å². The highest BCUT2D eigenvalue weighted by Crippen LogP contribution is 2.37. The van der Waals surface area contributed by atoms with Crippen molar-refractivity contribution < 1.29 is 14.6 Å². The van der Waals surface area contributed by atoms with Gasteiger partial charge in [-0.1, -0.05) is 50.1 Å². The minimum Gasteiger partial charge on any atom is -0.504 e. The van der Waals surface area contributed by atoms with E-state index < -0.39 is 5.91 Å². The molecule has 0 heterocycles. The van der Waals surface area contributed by atoms with Gasteiger partial charge in [-0.05, 0) is 60.8 Å². The number of anilines is 1. The summed E-state index contributed by atoms with van der Waals surface area (Å²) in [5.41, 5.74) is 3.16. The third-order valence-corrected chi connectivity index (χ3v) is 4.61. The van der Waals surface area contributed by atoms with Gasteiger partial charge in [0.15, 0.2) is 17.5 Å². The Hall–Kier alpha value is -2.31. The fourth-order valence-electron chi connectivity index (χ4n) is 2.55. The molecular formula is C21H25ClN2O3S. The first-order valence-corrected chi connectivity index (χ1v) is 9.60. The van der Waals surface area contributed by atoms with Gasteiger partial charge in [0.2, 0.25) is 0 Å². The number of halogens is 1. The van der Waals surface area contributed by atoms with Gasteiger partial charge < -0.3 is 15.2 Å². The third kappa shape index (κ3) is 5.84. The molecule has 1 amide bonds. The molecule has 3 N–H and O–H groups in total. The fourth-order valence-corrected chi connectivity index (χ4v) is 2.99. The number of hydrogen-bond donors (Lipinski definition) is 3. The Morgan fingerprint density at radius 2 is 1.89 bits per heavy atom. The highest BCUT2D eigenvalue weighted by atomic mass is 35.5. The zero-order valence-electron chi connectivity index (χ0n) is 16.6. The summed E-state index contributed by atoms with van der Waals surface area (Å²) in [6.45, 7) is 9.82. The highest BCUT2D eigenvalue weighted by molar-refractivity contribution is 7.80. The van der Waals surface area contributed by atoms with E-state index in [4.69, 9.17) is 28.6 Å². The molecule has 0 saturated heterocycles. The molecule has 0 unspecified atom stereocenters. The van der Waals surface area contributed by atoms with E-state index in [2.05, 4.69) is 10.6 Å². The Labute approximate surface area is 176 Å². The maximum atomic E-state index is 12.1. The number of aromatic hydroxyl groups is 1. The molecule has 2 aromatic rings. The zero-order chi connectivity index (χ0) is 21.1. The Morgan fingerprint density at radius 1 is 1.21 bits per heavy atom. The van der Waals surface area contributed by atoms with Crippen LogP contribution in [0.15, 0.2) is 30.3 Å². The van der Waals surface area contributed by atoms with E-state index in [1.165, 1.54) is 0 Å². The van der Waals surface area contributed by atoms with Crippen LogP contribution in [-0.4, -0.2) is 22.7 Å². The summed E-state index contributed by atoms with van der Waals surface area (Å²) >= 11 is 11.3. The van der Waals surface area contributed by atoms with E-state index in [-0.39, 0.29) is 27.9 Å². The molecule has 2 aromatic carbocycles. The molecule has 0 aliphatic carbocycles. The van der Waals surface area contributed by atoms with Crippen molar-refractivity contribution in [2.45, 2.75) is 40.0 Å². The lowest BCUT2D eigenvalue weighted by atomic mass is 9.87. The number of thiocarbonyl (C=S) groups is 1.